The van der Waals surface area contributed by atoms with E-state index in [1.54, 1.807) is 0 Å². The van der Waals surface area contributed by atoms with Crippen LogP contribution in [0.1, 0.15) is 25.7 Å². The zero-order valence-corrected chi connectivity index (χ0v) is 13.4. The van der Waals surface area contributed by atoms with Gasteiger partial charge in [0.15, 0.2) is 0 Å². The van der Waals surface area contributed by atoms with Gasteiger partial charge in [-0.3, -0.25) is 9.69 Å². The van der Waals surface area contributed by atoms with Crippen LogP contribution in [0.4, 0.5) is 0 Å². The van der Waals surface area contributed by atoms with Crippen LogP contribution < -0.4 is 5.32 Å². The van der Waals surface area contributed by atoms with Crippen molar-refractivity contribution < 1.29 is 4.79 Å². The summed E-state index contributed by atoms with van der Waals surface area (Å²) in [6.45, 7) is 7.76. The Bertz CT molecular complexity index is 344. The fourth-order valence-corrected chi connectivity index (χ4v) is 3.44. The maximum Gasteiger partial charge on any atom is 0.236 e. The van der Waals surface area contributed by atoms with Gasteiger partial charge in [0.2, 0.25) is 5.91 Å². The molecule has 0 aromatic rings. The molecule has 2 saturated heterocycles. The van der Waals surface area contributed by atoms with E-state index in [-0.39, 0.29) is 0 Å². The Morgan fingerprint density at radius 1 is 1.14 bits per heavy atom. The number of carbonyl (C=O) groups excluding carboxylic acids is 1. The van der Waals surface area contributed by atoms with E-state index in [0.717, 1.165) is 51.7 Å². The Hall–Kier alpha value is -0.650. The Morgan fingerprint density at radius 3 is 2.52 bits per heavy atom. The third-order valence-corrected chi connectivity index (χ3v) is 5.07. The predicted octanol–water partition coefficient (Wildman–Crippen LogP) is 0.224. The van der Waals surface area contributed by atoms with Gasteiger partial charge in [-0.05, 0) is 45.2 Å². The van der Waals surface area contributed by atoms with Gasteiger partial charge in [0.25, 0.3) is 0 Å². The van der Waals surface area contributed by atoms with Gasteiger partial charge in [0.1, 0.15) is 0 Å². The number of rotatable bonds is 6. The molecule has 0 aromatic heterocycles. The number of amides is 1. The average molecular weight is 294 g/mol. The lowest BCUT2D eigenvalue weighted by molar-refractivity contribution is -0.134. The van der Waals surface area contributed by atoms with Gasteiger partial charge in [-0.25, -0.2) is 0 Å². The summed E-state index contributed by atoms with van der Waals surface area (Å²) in [6.07, 6.45) is 5.27. The van der Waals surface area contributed by atoms with E-state index in [2.05, 4.69) is 27.1 Å². The van der Waals surface area contributed by atoms with Crippen LogP contribution in [0.25, 0.3) is 0 Å². The molecule has 1 N–H and O–H groups in total. The normalized spacial score (nSPS) is 27.5. The summed E-state index contributed by atoms with van der Waals surface area (Å²) in [5.74, 6) is 1.19. The summed E-state index contributed by atoms with van der Waals surface area (Å²) in [6, 6.07) is 0.601. The molecule has 0 radical (unpaired) electrons. The van der Waals surface area contributed by atoms with Gasteiger partial charge in [0.05, 0.1) is 6.54 Å². The molecule has 1 unspecified atom stereocenters. The first kappa shape index (κ1) is 15.3. The van der Waals surface area contributed by atoms with Crippen molar-refractivity contribution in [2.24, 2.45) is 5.92 Å². The SMILES string of the molecule is CN1CCN(C(=O)CN(CC2CC2)CC2CCCN2)CC1. The average Bonchev–Trinajstić information content (AvgIpc) is 3.13. The molecule has 0 aromatic carbocycles. The molecule has 0 bridgehead atoms. The first-order chi connectivity index (χ1) is 10.2. The summed E-state index contributed by atoms with van der Waals surface area (Å²) in [4.78, 5) is 19.3. The summed E-state index contributed by atoms with van der Waals surface area (Å²) >= 11 is 0. The second-order valence-electron chi connectivity index (χ2n) is 7.11. The zero-order chi connectivity index (χ0) is 14.7. The lowest BCUT2D eigenvalue weighted by Crippen LogP contribution is -2.51. The van der Waals surface area contributed by atoms with Crippen molar-refractivity contribution in [1.29, 1.82) is 0 Å². The van der Waals surface area contributed by atoms with Gasteiger partial charge >= 0.3 is 0 Å². The highest BCUT2D eigenvalue weighted by Gasteiger charge is 2.29. The summed E-state index contributed by atoms with van der Waals surface area (Å²) < 4.78 is 0. The largest absolute Gasteiger partial charge is 0.339 e. The van der Waals surface area contributed by atoms with Gasteiger partial charge in [-0.2, -0.15) is 0 Å². The Labute approximate surface area is 128 Å². The van der Waals surface area contributed by atoms with E-state index in [0.29, 0.717) is 18.5 Å². The van der Waals surface area contributed by atoms with Crippen LogP contribution in [0, 0.1) is 5.92 Å². The number of nitrogens with one attached hydrogen (secondary N) is 1. The van der Waals surface area contributed by atoms with E-state index < -0.39 is 0 Å². The quantitative estimate of drug-likeness (QED) is 0.761. The summed E-state index contributed by atoms with van der Waals surface area (Å²) in [5.41, 5.74) is 0. The standard InChI is InChI=1S/C16H30N4O/c1-18-7-9-20(10-8-18)16(21)13-19(11-14-4-5-14)12-15-3-2-6-17-15/h14-15,17H,2-13H2,1H3. The summed E-state index contributed by atoms with van der Waals surface area (Å²) in [7, 11) is 2.13. The lowest BCUT2D eigenvalue weighted by Gasteiger charge is -2.34. The molecule has 2 aliphatic heterocycles. The lowest BCUT2D eigenvalue weighted by atomic mass is 10.2. The minimum atomic E-state index is 0.335. The minimum Gasteiger partial charge on any atom is -0.339 e. The Morgan fingerprint density at radius 2 is 1.90 bits per heavy atom. The third kappa shape index (κ3) is 4.66. The van der Waals surface area contributed by atoms with Gasteiger partial charge in [-0.1, -0.05) is 0 Å². The molecule has 0 spiro atoms. The molecular weight excluding hydrogens is 264 g/mol. The Balaban J connectivity index is 1.48. The van der Waals surface area contributed by atoms with Gasteiger partial charge < -0.3 is 15.1 Å². The third-order valence-electron chi connectivity index (χ3n) is 5.07. The highest BCUT2D eigenvalue weighted by atomic mass is 16.2. The second-order valence-corrected chi connectivity index (χ2v) is 7.11. The molecule has 1 saturated carbocycles. The van der Waals surface area contributed by atoms with Crippen molar-refractivity contribution in [3.8, 4) is 0 Å². The minimum absolute atomic E-state index is 0.335. The Kier molecular flexibility index (Phi) is 5.14. The van der Waals surface area contributed by atoms with Crippen LogP contribution >= 0.6 is 0 Å². The molecule has 3 fully saturated rings. The van der Waals surface area contributed by atoms with Crippen LogP contribution in [-0.2, 0) is 4.79 Å². The first-order valence-electron chi connectivity index (χ1n) is 8.63. The van der Waals surface area contributed by atoms with E-state index in [4.69, 9.17) is 0 Å². The molecule has 3 aliphatic rings. The number of hydrogen-bond donors (Lipinski definition) is 1. The van der Waals surface area contributed by atoms with Crippen molar-refractivity contribution in [3.63, 3.8) is 0 Å². The molecular formula is C16H30N4O. The number of hydrogen-bond acceptors (Lipinski definition) is 4. The molecule has 5 nitrogen and oxygen atoms in total. The molecule has 2 heterocycles. The maximum absolute atomic E-state index is 12.5. The van der Waals surface area contributed by atoms with E-state index in [1.165, 1.54) is 25.7 Å². The highest BCUT2D eigenvalue weighted by Crippen LogP contribution is 2.30. The smallest absolute Gasteiger partial charge is 0.236 e. The van der Waals surface area contributed by atoms with Crippen LogP contribution in [-0.4, -0.2) is 86.1 Å². The zero-order valence-electron chi connectivity index (χ0n) is 13.4. The van der Waals surface area contributed by atoms with Crippen molar-refractivity contribution in [2.45, 2.75) is 31.7 Å². The molecule has 1 atom stereocenters. The highest BCUT2D eigenvalue weighted by molar-refractivity contribution is 5.78. The monoisotopic (exact) mass is 294 g/mol. The van der Waals surface area contributed by atoms with E-state index >= 15 is 0 Å². The van der Waals surface area contributed by atoms with Gasteiger partial charge in [0, 0.05) is 45.3 Å². The molecule has 120 valence electrons. The molecule has 1 aliphatic carbocycles. The molecule has 5 heteroatoms. The fourth-order valence-electron chi connectivity index (χ4n) is 3.44. The van der Waals surface area contributed by atoms with Crippen LogP contribution in [0.5, 0.6) is 0 Å². The van der Waals surface area contributed by atoms with Crippen LogP contribution in [0.15, 0.2) is 0 Å². The summed E-state index contributed by atoms with van der Waals surface area (Å²) in [5, 5.41) is 3.57. The predicted molar refractivity (Wildman–Crippen MR) is 84.3 cm³/mol. The number of piperazine rings is 1. The van der Waals surface area contributed by atoms with E-state index in [1.807, 2.05) is 0 Å². The van der Waals surface area contributed by atoms with E-state index in [9.17, 15) is 4.79 Å². The van der Waals surface area contributed by atoms with Crippen molar-refractivity contribution in [2.75, 3.05) is 59.4 Å². The van der Waals surface area contributed by atoms with Crippen LogP contribution in [0.2, 0.25) is 0 Å². The number of carbonyl (C=O) groups is 1. The van der Waals surface area contributed by atoms with Crippen molar-refractivity contribution in [1.82, 2.24) is 20.0 Å². The topological polar surface area (TPSA) is 38.8 Å². The van der Waals surface area contributed by atoms with Crippen molar-refractivity contribution in [3.05, 3.63) is 0 Å². The fraction of sp³-hybridized carbons (Fsp3) is 0.938. The molecule has 1 amide bonds. The maximum atomic E-state index is 12.5. The second kappa shape index (κ2) is 7.07. The molecule has 21 heavy (non-hydrogen) atoms. The van der Waals surface area contributed by atoms with Gasteiger partial charge in [-0.15, -0.1) is 0 Å². The first-order valence-corrected chi connectivity index (χ1v) is 8.63. The number of nitrogens with zero attached hydrogens (tertiary/aromatic N) is 3. The number of likely N-dealkylation sites (N-methyl/N-ethyl adjacent to an activating group) is 1. The molecule has 3 rings (SSSR count). The van der Waals surface area contributed by atoms with Crippen molar-refractivity contribution >= 4 is 5.91 Å². The van der Waals surface area contributed by atoms with Crippen LogP contribution in [0.3, 0.4) is 0 Å².